The van der Waals surface area contributed by atoms with Crippen LogP contribution in [0.1, 0.15) is 13.8 Å². The molecule has 98 valence electrons. The van der Waals surface area contributed by atoms with Crippen molar-refractivity contribution in [1.82, 2.24) is 0 Å². The molecule has 0 saturated carbocycles. The molecule has 0 aromatic carbocycles. The maximum atomic E-state index is 5.84. The Labute approximate surface area is 115 Å². The van der Waals surface area contributed by atoms with Crippen molar-refractivity contribution in [1.29, 1.82) is 0 Å². The van der Waals surface area contributed by atoms with Gasteiger partial charge in [0.05, 0.1) is 0 Å². The van der Waals surface area contributed by atoms with E-state index in [9.17, 15) is 0 Å². The molecular formula is C18H20O. The molecule has 2 rings (SSSR count). The largest absolute Gasteiger partial charge is 0.487 e. The smallest absolute Gasteiger partial charge is 0.117 e. The summed E-state index contributed by atoms with van der Waals surface area (Å²) in [6, 6.07) is 0. The third kappa shape index (κ3) is 2.55. The molecule has 0 aromatic heterocycles. The van der Waals surface area contributed by atoms with Crippen LogP contribution < -0.4 is 0 Å². The Morgan fingerprint density at radius 2 is 1.68 bits per heavy atom. The van der Waals surface area contributed by atoms with Crippen molar-refractivity contribution in [3.8, 4) is 0 Å². The summed E-state index contributed by atoms with van der Waals surface area (Å²) in [6.45, 7) is 15.8. The molecule has 0 amide bonds. The van der Waals surface area contributed by atoms with Gasteiger partial charge in [-0.1, -0.05) is 56.2 Å². The van der Waals surface area contributed by atoms with Gasteiger partial charge in [-0.3, -0.25) is 0 Å². The van der Waals surface area contributed by atoms with Gasteiger partial charge in [-0.25, -0.2) is 0 Å². The van der Waals surface area contributed by atoms with Crippen LogP contribution in [0.5, 0.6) is 0 Å². The maximum Gasteiger partial charge on any atom is 0.117 e. The summed E-state index contributed by atoms with van der Waals surface area (Å²) in [5.74, 6) is 0.926. The average molecular weight is 252 g/mol. The van der Waals surface area contributed by atoms with Crippen LogP contribution in [0.25, 0.3) is 0 Å². The highest BCUT2D eigenvalue weighted by Crippen LogP contribution is 2.35. The molecule has 0 radical (unpaired) electrons. The molecule has 0 fully saturated rings. The van der Waals surface area contributed by atoms with E-state index >= 15 is 0 Å². The zero-order valence-corrected chi connectivity index (χ0v) is 11.6. The lowest BCUT2D eigenvalue weighted by molar-refractivity contribution is 0.168. The first-order chi connectivity index (χ1) is 9.06. The minimum atomic E-state index is 0.0772. The molecule has 1 aliphatic carbocycles. The Morgan fingerprint density at radius 1 is 1.11 bits per heavy atom. The van der Waals surface area contributed by atoms with E-state index in [-0.39, 0.29) is 12.0 Å². The van der Waals surface area contributed by atoms with Crippen molar-refractivity contribution in [2.75, 3.05) is 0 Å². The van der Waals surface area contributed by atoms with Gasteiger partial charge in [0, 0.05) is 11.5 Å². The molecule has 0 bridgehead atoms. The second-order valence-electron chi connectivity index (χ2n) is 4.89. The predicted molar refractivity (Wildman–Crippen MR) is 81.6 cm³/mol. The van der Waals surface area contributed by atoms with Gasteiger partial charge in [-0.2, -0.15) is 0 Å². The average Bonchev–Trinajstić information content (AvgIpc) is 2.76. The Morgan fingerprint density at radius 3 is 2.21 bits per heavy atom. The Kier molecular flexibility index (Phi) is 3.75. The van der Waals surface area contributed by atoms with Crippen LogP contribution in [-0.2, 0) is 4.74 Å². The van der Waals surface area contributed by atoms with Gasteiger partial charge in [0.25, 0.3) is 0 Å². The molecule has 19 heavy (non-hydrogen) atoms. The lowest BCUT2D eigenvalue weighted by atomic mass is 9.98. The highest BCUT2D eigenvalue weighted by Gasteiger charge is 2.22. The Balaban J connectivity index is 2.36. The first-order valence-corrected chi connectivity index (χ1v) is 6.50. The number of hydrogen-bond acceptors (Lipinski definition) is 1. The molecule has 2 aliphatic rings. The van der Waals surface area contributed by atoms with Gasteiger partial charge in [0.2, 0.25) is 0 Å². The van der Waals surface area contributed by atoms with E-state index in [1.807, 2.05) is 19.1 Å². The van der Waals surface area contributed by atoms with Gasteiger partial charge in [0.15, 0.2) is 0 Å². The third-order valence-corrected chi connectivity index (χ3v) is 3.66. The minimum absolute atomic E-state index is 0.0772. The number of rotatable bonds is 3. The van der Waals surface area contributed by atoms with Crippen molar-refractivity contribution < 1.29 is 4.74 Å². The number of allylic oxidation sites excluding steroid dienone is 9. The van der Waals surface area contributed by atoms with E-state index in [2.05, 4.69) is 51.0 Å². The minimum Gasteiger partial charge on any atom is -0.487 e. The molecule has 0 spiro atoms. The highest BCUT2D eigenvalue weighted by molar-refractivity contribution is 5.55. The number of ether oxygens (including phenoxy) is 1. The summed E-state index contributed by atoms with van der Waals surface area (Å²) in [7, 11) is 0. The quantitative estimate of drug-likeness (QED) is 0.710. The SMILES string of the molecule is C=CC1=CC(C2=CC=C(C)C(C)OC2=C)C=C1C=C. The van der Waals surface area contributed by atoms with Crippen LogP contribution in [0.3, 0.4) is 0 Å². The standard InChI is InChI=1S/C18H20O/c1-6-15-10-17(11-16(15)7-2)18-9-8-12(3)13(4)19-14(18)5/h6-11,13,17H,1-2,5H2,3-4H3. The fraction of sp³-hybridized carbons (Fsp3) is 0.222. The second-order valence-corrected chi connectivity index (χ2v) is 4.89. The first kappa shape index (κ1) is 13.4. The number of hydrogen-bond donors (Lipinski definition) is 0. The predicted octanol–water partition coefficient (Wildman–Crippen LogP) is 4.65. The van der Waals surface area contributed by atoms with Crippen LogP contribution >= 0.6 is 0 Å². The summed E-state index contributed by atoms with van der Waals surface area (Å²) in [5.41, 5.74) is 4.54. The Bertz CT molecular complexity index is 528. The molecule has 0 saturated heterocycles. The summed E-state index contributed by atoms with van der Waals surface area (Å²) < 4.78 is 5.84. The highest BCUT2D eigenvalue weighted by atomic mass is 16.5. The van der Waals surface area contributed by atoms with Gasteiger partial charge in [-0.05, 0) is 30.6 Å². The van der Waals surface area contributed by atoms with E-state index < -0.39 is 0 Å². The normalized spacial score (nSPS) is 23.7. The molecule has 0 N–H and O–H groups in total. The molecule has 1 heterocycles. The van der Waals surface area contributed by atoms with Gasteiger partial charge in [0.1, 0.15) is 11.9 Å². The van der Waals surface area contributed by atoms with Crippen LogP contribution in [0.15, 0.2) is 84.2 Å². The molecule has 1 atom stereocenters. The summed E-state index contributed by atoms with van der Waals surface area (Å²) >= 11 is 0. The van der Waals surface area contributed by atoms with E-state index in [1.54, 1.807) is 0 Å². The molecule has 0 aromatic rings. The maximum absolute atomic E-state index is 5.84. The summed E-state index contributed by atoms with van der Waals surface area (Å²) in [5, 5.41) is 0. The van der Waals surface area contributed by atoms with Crippen molar-refractivity contribution in [2.45, 2.75) is 20.0 Å². The van der Waals surface area contributed by atoms with Crippen molar-refractivity contribution in [3.05, 3.63) is 84.2 Å². The van der Waals surface area contributed by atoms with Crippen molar-refractivity contribution in [2.24, 2.45) is 5.92 Å². The summed E-state index contributed by atoms with van der Waals surface area (Å²) in [4.78, 5) is 0. The monoisotopic (exact) mass is 252 g/mol. The van der Waals surface area contributed by atoms with Crippen LogP contribution in [0.4, 0.5) is 0 Å². The van der Waals surface area contributed by atoms with Crippen LogP contribution in [-0.4, -0.2) is 6.10 Å². The van der Waals surface area contributed by atoms with E-state index in [4.69, 9.17) is 4.74 Å². The van der Waals surface area contributed by atoms with Gasteiger partial charge >= 0.3 is 0 Å². The molecule has 1 unspecified atom stereocenters. The molecule has 1 heteroatoms. The molecule has 1 nitrogen and oxygen atoms in total. The van der Waals surface area contributed by atoms with E-state index in [1.165, 1.54) is 5.57 Å². The fourth-order valence-electron chi connectivity index (χ4n) is 2.30. The van der Waals surface area contributed by atoms with Gasteiger partial charge in [-0.15, -0.1) is 0 Å². The van der Waals surface area contributed by atoms with Crippen molar-refractivity contribution >= 4 is 0 Å². The van der Waals surface area contributed by atoms with E-state index in [0.29, 0.717) is 0 Å². The lowest BCUT2D eigenvalue weighted by Gasteiger charge is -2.18. The zero-order chi connectivity index (χ0) is 14.0. The fourth-order valence-corrected chi connectivity index (χ4v) is 2.30. The van der Waals surface area contributed by atoms with Crippen molar-refractivity contribution in [3.63, 3.8) is 0 Å². The summed E-state index contributed by atoms with van der Waals surface area (Å²) in [6.07, 6.45) is 12.3. The molecule has 1 aliphatic heterocycles. The first-order valence-electron chi connectivity index (χ1n) is 6.50. The zero-order valence-electron chi connectivity index (χ0n) is 11.6. The lowest BCUT2D eigenvalue weighted by Crippen LogP contribution is -2.09. The Hall–Kier alpha value is -2.02. The van der Waals surface area contributed by atoms with E-state index in [0.717, 1.165) is 22.5 Å². The third-order valence-electron chi connectivity index (χ3n) is 3.66. The van der Waals surface area contributed by atoms with Crippen LogP contribution in [0.2, 0.25) is 0 Å². The topological polar surface area (TPSA) is 9.23 Å². The second kappa shape index (κ2) is 5.31. The molecular weight excluding hydrogens is 232 g/mol. The van der Waals surface area contributed by atoms with Gasteiger partial charge < -0.3 is 4.74 Å². The van der Waals surface area contributed by atoms with Crippen LogP contribution in [0, 0.1) is 5.92 Å².